The van der Waals surface area contributed by atoms with E-state index in [4.69, 9.17) is 4.98 Å². The van der Waals surface area contributed by atoms with Gasteiger partial charge in [-0.2, -0.15) is 0 Å². The van der Waals surface area contributed by atoms with E-state index in [0.29, 0.717) is 12.1 Å². The zero-order chi connectivity index (χ0) is 20.2. The fraction of sp³-hybridized carbons (Fsp3) is 0.120. The Morgan fingerprint density at radius 1 is 0.862 bits per heavy atom. The van der Waals surface area contributed by atoms with Gasteiger partial charge in [-0.1, -0.05) is 66.7 Å². The second kappa shape index (κ2) is 8.41. The maximum absolute atomic E-state index is 12.6. The van der Waals surface area contributed by atoms with Crippen LogP contribution in [-0.2, 0) is 6.54 Å². The van der Waals surface area contributed by atoms with E-state index < -0.39 is 0 Å². The quantitative estimate of drug-likeness (QED) is 0.446. The first-order valence-corrected chi connectivity index (χ1v) is 10.4. The molecule has 0 bridgehead atoms. The molecule has 3 nitrogen and oxygen atoms in total. The first-order chi connectivity index (χ1) is 14.1. The predicted octanol–water partition coefficient (Wildman–Crippen LogP) is 6.02. The largest absolute Gasteiger partial charge is 0.347 e. The number of hydrogen-bond donors (Lipinski definition) is 1. The molecule has 0 saturated heterocycles. The number of aromatic nitrogens is 1. The molecule has 0 radical (unpaired) electrons. The molecule has 3 aromatic carbocycles. The first kappa shape index (κ1) is 19.1. The molecule has 0 atom stereocenters. The molecule has 0 aliphatic rings. The fourth-order valence-corrected chi connectivity index (χ4v) is 4.32. The van der Waals surface area contributed by atoms with Crippen LogP contribution in [0.3, 0.4) is 0 Å². The van der Waals surface area contributed by atoms with Gasteiger partial charge in [0.15, 0.2) is 0 Å². The second-order valence-corrected chi connectivity index (χ2v) is 8.05. The van der Waals surface area contributed by atoms with E-state index in [1.165, 1.54) is 5.56 Å². The predicted molar refractivity (Wildman–Crippen MR) is 120 cm³/mol. The van der Waals surface area contributed by atoms with E-state index in [0.717, 1.165) is 32.3 Å². The van der Waals surface area contributed by atoms with E-state index in [1.807, 2.05) is 61.5 Å². The Kier molecular flexibility index (Phi) is 5.54. The van der Waals surface area contributed by atoms with Gasteiger partial charge in [0.2, 0.25) is 0 Å². The molecule has 0 spiro atoms. The van der Waals surface area contributed by atoms with Gasteiger partial charge >= 0.3 is 0 Å². The van der Waals surface area contributed by atoms with E-state index >= 15 is 0 Å². The Hall–Kier alpha value is -3.24. The van der Waals surface area contributed by atoms with Gasteiger partial charge in [-0.15, -0.1) is 11.3 Å². The first-order valence-electron chi connectivity index (χ1n) is 9.58. The number of nitrogens with one attached hydrogen (secondary N) is 1. The normalized spacial score (nSPS) is 10.7. The minimum absolute atomic E-state index is 0.0742. The molecule has 0 aliphatic carbocycles. The topological polar surface area (TPSA) is 42.0 Å². The lowest BCUT2D eigenvalue weighted by Gasteiger charge is -2.06. The summed E-state index contributed by atoms with van der Waals surface area (Å²) in [6.07, 6.45) is 0. The minimum Gasteiger partial charge on any atom is -0.347 e. The Morgan fingerprint density at radius 3 is 2.24 bits per heavy atom. The minimum atomic E-state index is -0.0742. The number of rotatable bonds is 5. The average Bonchev–Trinajstić information content (AvgIpc) is 3.13. The Bertz CT molecular complexity index is 1130. The lowest BCUT2D eigenvalue weighted by Crippen LogP contribution is -2.22. The van der Waals surface area contributed by atoms with Crippen molar-refractivity contribution in [3.63, 3.8) is 0 Å². The van der Waals surface area contributed by atoms with Crippen molar-refractivity contribution in [1.82, 2.24) is 10.3 Å². The molecule has 0 fully saturated rings. The number of benzene rings is 3. The number of thiazole rings is 1. The monoisotopic (exact) mass is 398 g/mol. The molecule has 0 saturated carbocycles. The maximum atomic E-state index is 12.6. The SMILES string of the molecule is Cc1ccccc1-c1nc(C)c(CNC(=O)c2ccc(-c3ccccc3)cc2)s1. The van der Waals surface area contributed by atoms with Crippen LogP contribution in [0.4, 0.5) is 0 Å². The molecule has 0 unspecified atom stereocenters. The van der Waals surface area contributed by atoms with Crippen molar-refractivity contribution in [2.75, 3.05) is 0 Å². The molecular weight excluding hydrogens is 376 g/mol. The van der Waals surface area contributed by atoms with Crippen molar-refractivity contribution >= 4 is 17.2 Å². The highest BCUT2D eigenvalue weighted by Gasteiger charge is 2.13. The van der Waals surface area contributed by atoms with E-state index in [1.54, 1.807) is 11.3 Å². The highest BCUT2D eigenvalue weighted by Crippen LogP contribution is 2.30. The Labute approximate surface area is 175 Å². The summed E-state index contributed by atoms with van der Waals surface area (Å²) in [7, 11) is 0. The lowest BCUT2D eigenvalue weighted by atomic mass is 10.0. The van der Waals surface area contributed by atoms with Gasteiger partial charge < -0.3 is 5.32 Å². The van der Waals surface area contributed by atoms with Crippen LogP contribution in [0.2, 0.25) is 0 Å². The second-order valence-electron chi connectivity index (χ2n) is 6.97. The number of carbonyl (C=O) groups is 1. The van der Waals surface area contributed by atoms with Gasteiger partial charge in [0, 0.05) is 16.0 Å². The molecule has 0 aliphatic heterocycles. The molecule has 1 amide bonds. The van der Waals surface area contributed by atoms with Crippen LogP contribution in [0.1, 0.15) is 26.5 Å². The third-order valence-corrected chi connectivity index (χ3v) is 6.12. The van der Waals surface area contributed by atoms with E-state index in [-0.39, 0.29) is 5.91 Å². The molecule has 4 aromatic rings. The number of aryl methyl sites for hydroxylation is 2. The van der Waals surface area contributed by atoms with Crippen molar-refractivity contribution in [2.24, 2.45) is 0 Å². The van der Waals surface area contributed by atoms with Gasteiger partial charge in [-0.25, -0.2) is 4.98 Å². The summed E-state index contributed by atoms with van der Waals surface area (Å²) in [6.45, 7) is 4.57. The van der Waals surface area contributed by atoms with Crippen molar-refractivity contribution in [3.8, 4) is 21.7 Å². The molecule has 29 heavy (non-hydrogen) atoms. The van der Waals surface area contributed by atoms with Crippen LogP contribution in [0.15, 0.2) is 78.9 Å². The van der Waals surface area contributed by atoms with Crippen LogP contribution >= 0.6 is 11.3 Å². The summed E-state index contributed by atoms with van der Waals surface area (Å²) in [6, 6.07) is 26.1. The molecule has 1 N–H and O–H groups in total. The van der Waals surface area contributed by atoms with Gasteiger partial charge in [0.05, 0.1) is 12.2 Å². The summed E-state index contributed by atoms with van der Waals surface area (Å²) >= 11 is 1.64. The lowest BCUT2D eigenvalue weighted by molar-refractivity contribution is 0.0951. The molecule has 1 aromatic heterocycles. The van der Waals surface area contributed by atoms with Crippen molar-refractivity contribution in [2.45, 2.75) is 20.4 Å². The van der Waals surface area contributed by atoms with Gasteiger partial charge in [0.1, 0.15) is 5.01 Å². The van der Waals surface area contributed by atoms with Crippen LogP contribution in [0.25, 0.3) is 21.7 Å². The number of nitrogens with zero attached hydrogens (tertiary/aromatic N) is 1. The molecule has 144 valence electrons. The van der Waals surface area contributed by atoms with Crippen molar-refractivity contribution < 1.29 is 4.79 Å². The summed E-state index contributed by atoms with van der Waals surface area (Å²) in [5, 5.41) is 4.02. The van der Waals surface area contributed by atoms with Crippen LogP contribution in [-0.4, -0.2) is 10.9 Å². The van der Waals surface area contributed by atoms with E-state index in [2.05, 4.69) is 36.5 Å². The third kappa shape index (κ3) is 4.28. The smallest absolute Gasteiger partial charge is 0.251 e. The maximum Gasteiger partial charge on any atom is 0.251 e. The number of carbonyl (C=O) groups excluding carboxylic acids is 1. The summed E-state index contributed by atoms with van der Waals surface area (Å²) in [5.74, 6) is -0.0742. The zero-order valence-corrected chi connectivity index (χ0v) is 17.3. The number of hydrogen-bond acceptors (Lipinski definition) is 3. The Balaban J connectivity index is 1.44. The van der Waals surface area contributed by atoms with Crippen LogP contribution in [0.5, 0.6) is 0 Å². The summed E-state index contributed by atoms with van der Waals surface area (Å²) in [5.41, 5.74) is 6.22. The van der Waals surface area contributed by atoms with Gasteiger partial charge in [-0.3, -0.25) is 4.79 Å². The third-order valence-electron chi connectivity index (χ3n) is 4.93. The number of amides is 1. The molecular formula is C25H22N2OS. The van der Waals surface area contributed by atoms with Crippen molar-refractivity contribution in [3.05, 3.63) is 101 Å². The summed E-state index contributed by atoms with van der Waals surface area (Å²) < 4.78 is 0. The zero-order valence-electron chi connectivity index (χ0n) is 16.5. The highest BCUT2D eigenvalue weighted by molar-refractivity contribution is 7.15. The standard InChI is InChI=1S/C25H22N2OS/c1-17-8-6-7-11-22(17)25-27-18(2)23(29-25)16-26-24(28)21-14-12-20(13-15-21)19-9-4-3-5-10-19/h3-15H,16H2,1-2H3,(H,26,28). The molecule has 4 heteroatoms. The van der Waals surface area contributed by atoms with E-state index in [9.17, 15) is 4.79 Å². The van der Waals surface area contributed by atoms with Gasteiger partial charge in [-0.05, 0) is 42.7 Å². The highest BCUT2D eigenvalue weighted by atomic mass is 32.1. The van der Waals surface area contributed by atoms with Crippen LogP contribution < -0.4 is 5.32 Å². The van der Waals surface area contributed by atoms with Crippen molar-refractivity contribution in [1.29, 1.82) is 0 Å². The Morgan fingerprint density at radius 2 is 1.52 bits per heavy atom. The fourth-order valence-electron chi connectivity index (χ4n) is 3.23. The summed E-state index contributed by atoms with van der Waals surface area (Å²) in [4.78, 5) is 18.4. The molecule has 1 heterocycles. The molecule has 4 rings (SSSR count). The van der Waals surface area contributed by atoms with Gasteiger partial charge in [0.25, 0.3) is 5.91 Å². The van der Waals surface area contributed by atoms with Crippen LogP contribution in [0, 0.1) is 13.8 Å². The average molecular weight is 399 g/mol.